The van der Waals surface area contributed by atoms with E-state index >= 15 is 0 Å². The Morgan fingerprint density at radius 3 is 2.63 bits per heavy atom. The van der Waals surface area contributed by atoms with Gasteiger partial charge in [-0.15, -0.1) is 0 Å². The number of halogens is 1. The minimum Gasteiger partial charge on any atom is -0.327 e. The highest BCUT2D eigenvalue weighted by Crippen LogP contribution is 2.35. The number of amides is 2. The Morgan fingerprint density at radius 1 is 1.16 bits per heavy atom. The van der Waals surface area contributed by atoms with E-state index in [0.717, 1.165) is 16.8 Å². The van der Waals surface area contributed by atoms with Crippen LogP contribution in [0.3, 0.4) is 0 Å². The van der Waals surface area contributed by atoms with Gasteiger partial charge in [-0.1, -0.05) is 41.9 Å². The van der Waals surface area contributed by atoms with Crippen LogP contribution >= 0.6 is 11.6 Å². The summed E-state index contributed by atoms with van der Waals surface area (Å²) in [5.74, 6) is 0. The maximum absolute atomic E-state index is 12.0. The molecule has 0 bridgehead atoms. The summed E-state index contributed by atoms with van der Waals surface area (Å²) in [7, 11) is 1.75. The second-order valence-electron chi connectivity index (χ2n) is 4.56. The van der Waals surface area contributed by atoms with Crippen LogP contribution in [0.2, 0.25) is 5.02 Å². The summed E-state index contributed by atoms with van der Waals surface area (Å²) in [5.41, 5.74) is 2.95. The second kappa shape index (κ2) is 4.59. The predicted molar refractivity (Wildman–Crippen MR) is 76.7 cm³/mol. The Morgan fingerprint density at radius 2 is 1.89 bits per heavy atom. The minimum absolute atomic E-state index is 0.108. The summed E-state index contributed by atoms with van der Waals surface area (Å²) in [6.07, 6.45) is 0. The number of benzene rings is 2. The predicted octanol–water partition coefficient (Wildman–Crippen LogP) is 3.59. The molecule has 1 aliphatic heterocycles. The lowest BCUT2D eigenvalue weighted by molar-refractivity contribution is 0.244. The van der Waals surface area contributed by atoms with Crippen LogP contribution in [-0.2, 0) is 0 Å². The molecule has 3 rings (SSSR count). The molecule has 0 aromatic heterocycles. The quantitative estimate of drug-likeness (QED) is 0.845. The summed E-state index contributed by atoms with van der Waals surface area (Å²) in [6, 6.07) is 15.2. The van der Waals surface area contributed by atoms with Crippen LogP contribution in [0, 0.1) is 0 Å². The Kier molecular flexibility index (Phi) is 2.91. The van der Waals surface area contributed by atoms with Crippen molar-refractivity contribution in [3.8, 4) is 0 Å². The minimum atomic E-state index is -0.154. The molecule has 2 aromatic rings. The first-order valence-electron chi connectivity index (χ1n) is 6.05. The molecule has 0 aliphatic carbocycles. The van der Waals surface area contributed by atoms with Crippen molar-refractivity contribution in [1.29, 1.82) is 0 Å². The van der Waals surface area contributed by atoms with E-state index in [1.54, 1.807) is 18.0 Å². The number of fused-ring (bicyclic) bond motifs is 1. The molecule has 1 atom stereocenters. The highest BCUT2D eigenvalue weighted by atomic mass is 35.5. The molecule has 3 nitrogen and oxygen atoms in total. The standard InChI is InChI=1S/C15H13ClN2O/c1-18-13-8-7-11(16)9-12(13)14(17-15(18)19)10-5-3-2-4-6-10/h2-9,14H,1H3,(H,17,19)/t14-/m0/s1. The molecule has 19 heavy (non-hydrogen) atoms. The largest absolute Gasteiger partial charge is 0.327 e. The molecule has 2 aromatic carbocycles. The lowest BCUT2D eigenvalue weighted by atomic mass is 9.95. The summed E-state index contributed by atoms with van der Waals surface area (Å²) >= 11 is 6.08. The van der Waals surface area contributed by atoms with E-state index in [2.05, 4.69) is 5.32 Å². The van der Waals surface area contributed by atoms with Gasteiger partial charge in [0, 0.05) is 17.6 Å². The van der Waals surface area contributed by atoms with Crippen LogP contribution in [0.25, 0.3) is 0 Å². The number of nitrogens with zero attached hydrogens (tertiary/aromatic N) is 1. The topological polar surface area (TPSA) is 32.3 Å². The average Bonchev–Trinajstić information content (AvgIpc) is 2.43. The second-order valence-corrected chi connectivity index (χ2v) is 4.99. The molecule has 1 N–H and O–H groups in total. The highest BCUT2D eigenvalue weighted by Gasteiger charge is 2.29. The van der Waals surface area contributed by atoms with Crippen molar-refractivity contribution in [2.75, 3.05) is 11.9 Å². The van der Waals surface area contributed by atoms with Crippen molar-refractivity contribution in [3.05, 3.63) is 64.7 Å². The number of anilines is 1. The third-order valence-corrected chi connectivity index (χ3v) is 3.60. The highest BCUT2D eigenvalue weighted by molar-refractivity contribution is 6.30. The summed E-state index contributed by atoms with van der Waals surface area (Å²) in [5, 5.41) is 3.66. The van der Waals surface area contributed by atoms with E-state index in [1.807, 2.05) is 42.5 Å². The molecular formula is C15H13ClN2O. The van der Waals surface area contributed by atoms with Crippen molar-refractivity contribution < 1.29 is 4.79 Å². The van der Waals surface area contributed by atoms with Gasteiger partial charge in [0.15, 0.2) is 0 Å². The smallest absolute Gasteiger partial charge is 0.322 e. The van der Waals surface area contributed by atoms with E-state index in [-0.39, 0.29) is 12.1 Å². The molecule has 4 heteroatoms. The molecule has 0 fully saturated rings. The maximum atomic E-state index is 12.0. The normalized spacial score (nSPS) is 17.9. The lowest BCUT2D eigenvalue weighted by Gasteiger charge is -2.33. The van der Waals surface area contributed by atoms with Gasteiger partial charge >= 0.3 is 6.03 Å². The molecule has 1 heterocycles. The fourth-order valence-corrected chi connectivity index (χ4v) is 2.56. The van der Waals surface area contributed by atoms with E-state index in [9.17, 15) is 4.79 Å². The fraction of sp³-hybridized carbons (Fsp3) is 0.133. The van der Waals surface area contributed by atoms with Crippen LogP contribution in [0.5, 0.6) is 0 Å². The number of hydrogen-bond acceptors (Lipinski definition) is 1. The van der Waals surface area contributed by atoms with Crippen LogP contribution in [-0.4, -0.2) is 13.1 Å². The van der Waals surface area contributed by atoms with Crippen LogP contribution < -0.4 is 10.2 Å². The van der Waals surface area contributed by atoms with Crippen LogP contribution in [0.15, 0.2) is 48.5 Å². The molecular weight excluding hydrogens is 260 g/mol. The first-order valence-corrected chi connectivity index (χ1v) is 6.43. The molecule has 2 amide bonds. The number of urea groups is 1. The molecule has 0 spiro atoms. The van der Waals surface area contributed by atoms with Gasteiger partial charge in [-0.25, -0.2) is 4.79 Å². The zero-order valence-corrected chi connectivity index (χ0v) is 11.2. The van der Waals surface area contributed by atoms with Gasteiger partial charge < -0.3 is 5.32 Å². The van der Waals surface area contributed by atoms with Gasteiger partial charge in [-0.2, -0.15) is 0 Å². The van der Waals surface area contributed by atoms with E-state index in [4.69, 9.17) is 11.6 Å². The van der Waals surface area contributed by atoms with E-state index in [1.165, 1.54) is 0 Å². The first kappa shape index (κ1) is 12.1. The Balaban J connectivity index is 2.15. The van der Waals surface area contributed by atoms with Gasteiger partial charge in [0.1, 0.15) is 0 Å². The fourth-order valence-electron chi connectivity index (χ4n) is 2.38. The Labute approximate surface area is 116 Å². The Hall–Kier alpha value is -2.00. The van der Waals surface area contributed by atoms with Crippen molar-refractivity contribution >= 4 is 23.3 Å². The molecule has 0 saturated heterocycles. The molecule has 0 saturated carbocycles. The average molecular weight is 273 g/mol. The monoisotopic (exact) mass is 272 g/mol. The Bertz CT molecular complexity index is 627. The van der Waals surface area contributed by atoms with Crippen LogP contribution in [0.1, 0.15) is 17.2 Å². The third-order valence-electron chi connectivity index (χ3n) is 3.37. The number of rotatable bonds is 1. The summed E-state index contributed by atoms with van der Waals surface area (Å²) in [6.45, 7) is 0. The molecule has 1 aliphatic rings. The van der Waals surface area contributed by atoms with Gasteiger partial charge in [0.2, 0.25) is 0 Å². The van der Waals surface area contributed by atoms with Crippen molar-refractivity contribution in [3.63, 3.8) is 0 Å². The lowest BCUT2D eigenvalue weighted by Crippen LogP contribution is -2.44. The van der Waals surface area contributed by atoms with Crippen molar-refractivity contribution in [2.45, 2.75) is 6.04 Å². The third kappa shape index (κ3) is 2.06. The summed E-state index contributed by atoms with van der Waals surface area (Å²) in [4.78, 5) is 13.6. The van der Waals surface area contributed by atoms with Crippen molar-refractivity contribution in [1.82, 2.24) is 5.32 Å². The maximum Gasteiger partial charge on any atom is 0.322 e. The van der Waals surface area contributed by atoms with Gasteiger partial charge in [-0.05, 0) is 23.8 Å². The zero-order valence-electron chi connectivity index (χ0n) is 10.4. The van der Waals surface area contributed by atoms with Gasteiger partial charge in [0.25, 0.3) is 0 Å². The van der Waals surface area contributed by atoms with E-state index in [0.29, 0.717) is 5.02 Å². The number of carbonyl (C=O) groups is 1. The first-order chi connectivity index (χ1) is 9.16. The van der Waals surface area contributed by atoms with Crippen LogP contribution in [0.4, 0.5) is 10.5 Å². The number of nitrogens with one attached hydrogen (secondary N) is 1. The van der Waals surface area contributed by atoms with Gasteiger partial charge in [-0.3, -0.25) is 4.90 Å². The number of hydrogen-bond donors (Lipinski definition) is 1. The molecule has 0 unspecified atom stereocenters. The molecule has 0 radical (unpaired) electrons. The SMILES string of the molecule is CN1C(=O)N[C@@H](c2ccccc2)c2cc(Cl)ccc21. The van der Waals surface area contributed by atoms with E-state index < -0.39 is 0 Å². The van der Waals surface area contributed by atoms with Gasteiger partial charge in [0.05, 0.1) is 11.7 Å². The van der Waals surface area contributed by atoms with Crippen molar-refractivity contribution in [2.24, 2.45) is 0 Å². The number of carbonyl (C=O) groups excluding carboxylic acids is 1. The zero-order chi connectivity index (χ0) is 13.4. The molecule has 96 valence electrons. The summed E-state index contributed by atoms with van der Waals surface area (Å²) < 4.78 is 0.